The average Bonchev–Trinajstić information content (AvgIpc) is 2.43. The first-order valence-electron chi connectivity index (χ1n) is 5.76. The number of hydrogen-bond donors (Lipinski definition) is 3. The van der Waals surface area contributed by atoms with Crippen LogP contribution in [0.5, 0.6) is 11.5 Å². The number of rotatable bonds is 3. The van der Waals surface area contributed by atoms with E-state index in [2.05, 4.69) is 5.32 Å². The van der Waals surface area contributed by atoms with Crippen molar-refractivity contribution < 1.29 is 28.9 Å². The van der Waals surface area contributed by atoms with Gasteiger partial charge in [0.1, 0.15) is 22.9 Å². The number of nitrogens with one attached hydrogen (secondary N) is 1. The maximum Gasteiger partial charge on any atom is 0.417 e. The Morgan fingerprint density at radius 3 is 2.38 bits per heavy atom. The summed E-state index contributed by atoms with van der Waals surface area (Å²) in [4.78, 5) is 22.4. The molecule has 0 aliphatic carbocycles. The number of aromatic carboxylic acids is 1. The van der Waals surface area contributed by atoms with Crippen molar-refractivity contribution in [1.29, 1.82) is 0 Å². The Hall–Kier alpha value is -3.09. The molecule has 3 N–H and O–H groups in total. The van der Waals surface area contributed by atoms with Crippen molar-refractivity contribution in [2.75, 3.05) is 5.32 Å². The van der Waals surface area contributed by atoms with Gasteiger partial charge >= 0.3 is 12.1 Å². The average molecular weight is 291 g/mol. The van der Waals surface area contributed by atoms with Crippen LogP contribution in [0.2, 0.25) is 0 Å². The lowest BCUT2D eigenvalue weighted by molar-refractivity contribution is 0.0693. The molecule has 0 unspecified atom stereocenters. The molecule has 0 aliphatic heterocycles. The lowest BCUT2D eigenvalue weighted by atomic mass is 10.2. The van der Waals surface area contributed by atoms with Crippen molar-refractivity contribution in [2.24, 2.45) is 0 Å². The predicted molar refractivity (Wildman–Crippen MR) is 71.1 cm³/mol. The van der Waals surface area contributed by atoms with Crippen LogP contribution in [0.1, 0.15) is 10.4 Å². The third kappa shape index (κ3) is 3.69. The molecule has 0 fully saturated rings. The third-order valence-electron chi connectivity index (χ3n) is 2.50. The summed E-state index contributed by atoms with van der Waals surface area (Å²) in [7, 11) is 0. The zero-order valence-electron chi connectivity index (χ0n) is 10.5. The fourth-order valence-electron chi connectivity index (χ4n) is 1.54. The minimum Gasteiger partial charge on any atom is -0.507 e. The van der Waals surface area contributed by atoms with Gasteiger partial charge in [0.25, 0.3) is 0 Å². The van der Waals surface area contributed by atoms with Gasteiger partial charge in [-0.15, -0.1) is 0 Å². The molecular weight excluding hydrogens is 281 g/mol. The Morgan fingerprint density at radius 2 is 1.76 bits per heavy atom. The molecule has 0 saturated heterocycles. The first kappa shape index (κ1) is 14.3. The second-order valence-electron chi connectivity index (χ2n) is 4.01. The molecule has 0 spiro atoms. The number of ether oxygens (including phenoxy) is 1. The Labute approximate surface area is 118 Å². The number of carboxylic acid groups (broad SMARTS) is 1. The van der Waals surface area contributed by atoms with E-state index in [9.17, 15) is 19.1 Å². The van der Waals surface area contributed by atoms with Gasteiger partial charge in [-0.25, -0.2) is 14.0 Å². The second-order valence-corrected chi connectivity index (χ2v) is 4.01. The van der Waals surface area contributed by atoms with E-state index in [1.54, 1.807) is 0 Å². The van der Waals surface area contributed by atoms with Crippen LogP contribution in [0.3, 0.4) is 0 Å². The SMILES string of the molecule is O=C(Nc1ccc(O)c(C(=O)O)c1)Oc1ccc(F)cc1. The lowest BCUT2D eigenvalue weighted by Crippen LogP contribution is -2.17. The summed E-state index contributed by atoms with van der Waals surface area (Å²) >= 11 is 0. The van der Waals surface area contributed by atoms with E-state index in [4.69, 9.17) is 9.84 Å². The first-order chi connectivity index (χ1) is 9.95. The number of carbonyl (C=O) groups excluding carboxylic acids is 1. The van der Waals surface area contributed by atoms with Crippen LogP contribution < -0.4 is 10.1 Å². The summed E-state index contributed by atoms with van der Waals surface area (Å²) in [5, 5.41) is 20.5. The zero-order chi connectivity index (χ0) is 15.4. The van der Waals surface area contributed by atoms with Crippen LogP contribution in [0.25, 0.3) is 0 Å². The Morgan fingerprint density at radius 1 is 1.10 bits per heavy atom. The summed E-state index contributed by atoms with van der Waals surface area (Å²) in [5.74, 6) is -2.08. The standard InChI is InChI=1S/C14H10FNO5/c15-8-1-4-10(5-2-8)21-14(20)16-9-3-6-12(17)11(7-9)13(18)19/h1-7,17H,(H,16,20)(H,18,19). The van der Waals surface area contributed by atoms with Crippen molar-refractivity contribution in [1.82, 2.24) is 0 Å². The van der Waals surface area contributed by atoms with E-state index in [1.165, 1.54) is 18.2 Å². The second kappa shape index (κ2) is 5.91. The van der Waals surface area contributed by atoms with Gasteiger partial charge < -0.3 is 14.9 Å². The molecule has 0 radical (unpaired) electrons. The van der Waals surface area contributed by atoms with Gasteiger partial charge in [0.05, 0.1) is 0 Å². The molecule has 2 aromatic carbocycles. The molecule has 0 atom stereocenters. The molecule has 21 heavy (non-hydrogen) atoms. The molecule has 0 aromatic heterocycles. The van der Waals surface area contributed by atoms with E-state index >= 15 is 0 Å². The minimum atomic E-state index is -1.33. The summed E-state index contributed by atoms with van der Waals surface area (Å²) in [5.41, 5.74) is -0.216. The molecule has 0 aliphatic rings. The summed E-state index contributed by atoms with van der Waals surface area (Å²) in [6, 6.07) is 8.34. The van der Waals surface area contributed by atoms with Gasteiger partial charge in [0, 0.05) is 5.69 Å². The molecule has 2 aromatic rings. The van der Waals surface area contributed by atoms with Crippen LogP contribution in [-0.4, -0.2) is 22.3 Å². The number of amides is 1. The fraction of sp³-hybridized carbons (Fsp3) is 0. The largest absolute Gasteiger partial charge is 0.507 e. The van der Waals surface area contributed by atoms with E-state index in [0.29, 0.717) is 0 Å². The van der Waals surface area contributed by atoms with Crippen LogP contribution in [0.15, 0.2) is 42.5 Å². The van der Waals surface area contributed by atoms with Crippen molar-refractivity contribution in [3.8, 4) is 11.5 Å². The lowest BCUT2D eigenvalue weighted by Gasteiger charge is -2.08. The van der Waals surface area contributed by atoms with Crippen LogP contribution in [0.4, 0.5) is 14.9 Å². The van der Waals surface area contributed by atoms with Crippen LogP contribution >= 0.6 is 0 Å². The van der Waals surface area contributed by atoms with Gasteiger partial charge in [-0.3, -0.25) is 5.32 Å². The first-order valence-corrected chi connectivity index (χ1v) is 5.76. The van der Waals surface area contributed by atoms with Crippen molar-refractivity contribution in [3.05, 3.63) is 53.8 Å². The highest BCUT2D eigenvalue weighted by atomic mass is 19.1. The van der Waals surface area contributed by atoms with E-state index < -0.39 is 23.6 Å². The number of anilines is 1. The molecule has 0 heterocycles. The van der Waals surface area contributed by atoms with Crippen molar-refractivity contribution >= 4 is 17.7 Å². The van der Waals surface area contributed by atoms with Gasteiger partial charge in [0.15, 0.2) is 0 Å². The molecule has 108 valence electrons. The highest BCUT2D eigenvalue weighted by Crippen LogP contribution is 2.21. The summed E-state index contributed by atoms with van der Waals surface area (Å²) in [6.07, 6.45) is -0.872. The molecule has 0 bridgehead atoms. The molecule has 1 amide bonds. The maximum atomic E-state index is 12.7. The van der Waals surface area contributed by atoms with Gasteiger partial charge in [-0.1, -0.05) is 0 Å². The minimum absolute atomic E-state index is 0.131. The van der Waals surface area contributed by atoms with E-state index in [0.717, 1.165) is 24.3 Å². The van der Waals surface area contributed by atoms with Crippen LogP contribution in [0, 0.1) is 5.82 Å². The van der Waals surface area contributed by atoms with Crippen molar-refractivity contribution in [3.63, 3.8) is 0 Å². The van der Waals surface area contributed by atoms with Gasteiger partial charge in [-0.05, 0) is 42.5 Å². The Balaban J connectivity index is 2.07. The molecule has 6 nitrogen and oxygen atoms in total. The number of benzene rings is 2. The molecule has 0 saturated carbocycles. The maximum absolute atomic E-state index is 12.7. The Kier molecular flexibility index (Phi) is 4.03. The van der Waals surface area contributed by atoms with Crippen LogP contribution in [-0.2, 0) is 0 Å². The smallest absolute Gasteiger partial charge is 0.417 e. The highest BCUT2D eigenvalue weighted by molar-refractivity contribution is 5.94. The zero-order valence-corrected chi connectivity index (χ0v) is 10.5. The Bertz CT molecular complexity index is 684. The van der Waals surface area contributed by atoms with Gasteiger partial charge in [-0.2, -0.15) is 0 Å². The topological polar surface area (TPSA) is 95.9 Å². The summed E-state index contributed by atoms with van der Waals surface area (Å²) < 4.78 is 17.6. The number of halogens is 1. The van der Waals surface area contributed by atoms with E-state index in [1.807, 2.05) is 0 Å². The van der Waals surface area contributed by atoms with E-state index in [-0.39, 0.29) is 17.0 Å². The van der Waals surface area contributed by atoms with Gasteiger partial charge in [0.2, 0.25) is 0 Å². The number of phenols is 1. The molecule has 7 heteroatoms. The number of carboxylic acids is 1. The number of aromatic hydroxyl groups is 1. The normalized spacial score (nSPS) is 9.95. The third-order valence-corrected chi connectivity index (χ3v) is 2.50. The van der Waals surface area contributed by atoms with Crippen molar-refractivity contribution in [2.45, 2.75) is 0 Å². The monoisotopic (exact) mass is 291 g/mol. The number of hydrogen-bond acceptors (Lipinski definition) is 4. The predicted octanol–water partition coefficient (Wildman–Crippen LogP) is 2.84. The highest BCUT2D eigenvalue weighted by Gasteiger charge is 2.12. The molecule has 2 rings (SSSR count). The number of carbonyl (C=O) groups is 2. The fourth-order valence-corrected chi connectivity index (χ4v) is 1.54. The summed E-state index contributed by atoms with van der Waals surface area (Å²) in [6.45, 7) is 0. The molecular formula is C14H10FNO5. The quantitative estimate of drug-likeness (QED) is 0.756.